The zero-order valence-corrected chi connectivity index (χ0v) is 34.9. The summed E-state index contributed by atoms with van der Waals surface area (Å²) in [6.07, 6.45) is 9.91. The Kier molecular flexibility index (Phi) is 16.1. The minimum Gasteiger partial charge on any atom is -0.372 e. The number of carbonyl (C=O) groups excluding carboxylic acids is 1. The van der Waals surface area contributed by atoms with Crippen molar-refractivity contribution in [2.45, 2.75) is 150 Å². The second kappa shape index (κ2) is 19.5. The Labute approximate surface area is 316 Å². The molecule has 0 bridgehead atoms. The van der Waals surface area contributed by atoms with Gasteiger partial charge < -0.3 is 15.5 Å². The lowest BCUT2D eigenvalue weighted by Crippen LogP contribution is -2.28. The zero-order chi connectivity index (χ0) is 38.6. The third-order valence-corrected chi connectivity index (χ3v) is 11.1. The van der Waals surface area contributed by atoms with Crippen LogP contribution in [-0.4, -0.2) is 27.4 Å². The fourth-order valence-electron chi connectivity index (χ4n) is 6.27. The number of carbonyl (C=O) groups is 1. The molecule has 3 N–H and O–H groups in total. The largest absolute Gasteiger partial charge is 0.372 e. The monoisotopic (exact) mass is 733 g/mol. The standard InChI is InChI=1S/C44H68N4O3S/c1-12-14-16-18-26-48(27-19-17-15-13-2)37-23-20-35(21-24-37)45-36-22-25-40(41(30-36)46-43(49)44(9,10)11)47-52(50,51)42-38(32(5)6)28-34(31(3)4)29-39(42)33(7)8/h20-25,28-33,45,47H,12-19,26-27H2,1-11H3,(H,46,49). The highest BCUT2D eigenvalue weighted by Crippen LogP contribution is 2.38. The van der Waals surface area contributed by atoms with Gasteiger partial charge in [-0.25, -0.2) is 8.42 Å². The summed E-state index contributed by atoms with van der Waals surface area (Å²) in [4.78, 5) is 16.1. The number of sulfonamides is 1. The molecule has 52 heavy (non-hydrogen) atoms. The van der Waals surface area contributed by atoms with E-state index >= 15 is 0 Å². The average molecular weight is 733 g/mol. The van der Waals surface area contributed by atoms with Crippen molar-refractivity contribution < 1.29 is 13.2 Å². The van der Waals surface area contributed by atoms with Crippen LogP contribution in [0.1, 0.15) is 162 Å². The number of anilines is 5. The topological polar surface area (TPSA) is 90.5 Å². The Morgan fingerprint density at radius 1 is 0.673 bits per heavy atom. The molecule has 0 spiro atoms. The number of hydrogen-bond donors (Lipinski definition) is 3. The normalized spacial score (nSPS) is 12.1. The molecule has 0 saturated heterocycles. The fraction of sp³-hybridized carbons (Fsp3) is 0.568. The van der Waals surface area contributed by atoms with E-state index in [-0.39, 0.29) is 23.7 Å². The van der Waals surface area contributed by atoms with Crippen molar-refractivity contribution in [3.8, 4) is 0 Å². The molecule has 0 saturated carbocycles. The van der Waals surface area contributed by atoms with E-state index in [2.05, 4.69) is 72.2 Å². The molecule has 0 fully saturated rings. The predicted octanol–water partition coefficient (Wildman–Crippen LogP) is 12.6. The molecule has 3 rings (SSSR count). The minimum atomic E-state index is -4.03. The number of hydrogen-bond acceptors (Lipinski definition) is 5. The van der Waals surface area contributed by atoms with Gasteiger partial charge in [-0.1, -0.05) is 127 Å². The van der Waals surface area contributed by atoms with E-state index in [0.29, 0.717) is 16.3 Å². The van der Waals surface area contributed by atoms with Crippen molar-refractivity contribution in [3.05, 3.63) is 71.3 Å². The first-order valence-electron chi connectivity index (χ1n) is 19.8. The van der Waals surface area contributed by atoms with Gasteiger partial charge in [-0.05, 0) is 89.8 Å². The van der Waals surface area contributed by atoms with Crippen LogP contribution in [0.5, 0.6) is 0 Å². The van der Waals surface area contributed by atoms with Crippen LogP contribution in [0.2, 0.25) is 0 Å². The van der Waals surface area contributed by atoms with Gasteiger partial charge in [0.05, 0.1) is 16.3 Å². The van der Waals surface area contributed by atoms with Crippen molar-refractivity contribution in [2.24, 2.45) is 5.41 Å². The molecule has 7 nitrogen and oxygen atoms in total. The van der Waals surface area contributed by atoms with Crippen LogP contribution >= 0.6 is 0 Å². The molecule has 0 atom stereocenters. The van der Waals surface area contributed by atoms with Gasteiger partial charge in [-0.2, -0.15) is 0 Å². The maximum Gasteiger partial charge on any atom is 0.262 e. The van der Waals surface area contributed by atoms with Crippen LogP contribution in [0.25, 0.3) is 0 Å². The Bertz CT molecular complexity index is 1650. The SMILES string of the molecule is CCCCCCN(CCCCCC)c1ccc(Nc2ccc(NS(=O)(=O)c3c(C(C)C)cc(C(C)C)cc3C(C)C)c(NC(=O)C(C)(C)C)c2)cc1. The number of nitrogens with one attached hydrogen (secondary N) is 3. The molecule has 0 aliphatic heterocycles. The molecule has 0 aromatic heterocycles. The summed E-state index contributed by atoms with van der Waals surface area (Å²) in [6, 6.07) is 18.0. The second-order valence-corrected chi connectivity index (χ2v) is 18.0. The number of benzene rings is 3. The highest BCUT2D eigenvalue weighted by molar-refractivity contribution is 7.92. The molecule has 3 aromatic rings. The Morgan fingerprint density at radius 3 is 1.65 bits per heavy atom. The summed E-state index contributed by atoms with van der Waals surface area (Å²) in [5.41, 5.74) is 5.62. The van der Waals surface area contributed by atoms with Gasteiger partial charge in [-0.3, -0.25) is 9.52 Å². The number of nitrogens with zero attached hydrogens (tertiary/aromatic N) is 1. The molecule has 0 unspecified atom stereocenters. The van der Waals surface area contributed by atoms with E-state index in [1.54, 1.807) is 12.1 Å². The van der Waals surface area contributed by atoms with Crippen LogP contribution in [0.15, 0.2) is 59.5 Å². The molecular weight excluding hydrogens is 665 g/mol. The highest BCUT2D eigenvalue weighted by atomic mass is 32.2. The number of unbranched alkanes of at least 4 members (excludes halogenated alkanes) is 6. The van der Waals surface area contributed by atoms with Gasteiger partial charge in [0.1, 0.15) is 0 Å². The quantitative estimate of drug-likeness (QED) is 0.101. The second-order valence-electron chi connectivity index (χ2n) is 16.3. The van der Waals surface area contributed by atoms with E-state index in [1.165, 1.54) is 57.1 Å². The molecule has 1 amide bonds. The van der Waals surface area contributed by atoms with Gasteiger partial charge in [0.2, 0.25) is 5.91 Å². The minimum absolute atomic E-state index is 0.00463. The smallest absolute Gasteiger partial charge is 0.262 e. The lowest BCUT2D eigenvalue weighted by molar-refractivity contribution is -0.123. The lowest BCUT2D eigenvalue weighted by atomic mass is 9.89. The Morgan fingerprint density at radius 2 is 1.19 bits per heavy atom. The van der Waals surface area contributed by atoms with Crippen molar-refractivity contribution >= 4 is 44.4 Å². The Hall–Kier alpha value is -3.52. The molecule has 3 aromatic carbocycles. The summed E-state index contributed by atoms with van der Waals surface area (Å²) in [7, 11) is -4.03. The van der Waals surface area contributed by atoms with Crippen LogP contribution in [-0.2, 0) is 14.8 Å². The van der Waals surface area contributed by atoms with Crippen LogP contribution in [0, 0.1) is 5.41 Å². The first kappa shape index (κ1) is 42.9. The van der Waals surface area contributed by atoms with Crippen molar-refractivity contribution in [3.63, 3.8) is 0 Å². The molecule has 0 heterocycles. The summed E-state index contributed by atoms with van der Waals surface area (Å²) in [6.45, 7) is 24.5. The van der Waals surface area contributed by atoms with Gasteiger partial charge in [0.15, 0.2) is 0 Å². The molecule has 0 aliphatic carbocycles. The van der Waals surface area contributed by atoms with Gasteiger partial charge in [0.25, 0.3) is 10.0 Å². The predicted molar refractivity (Wildman–Crippen MR) is 224 cm³/mol. The van der Waals surface area contributed by atoms with Gasteiger partial charge in [0, 0.05) is 35.6 Å². The average Bonchev–Trinajstić information content (AvgIpc) is 3.07. The number of rotatable bonds is 20. The van der Waals surface area contributed by atoms with E-state index in [4.69, 9.17) is 0 Å². The fourth-order valence-corrected chi connectivity index (χ4v) is 8.05. The number of amides is 1. The summed E-state index contributed by atoms with van der Waals surface area (Å²) < 4.78 is 31.7. The summed E-state index contributed by atoms with van der Waals surface area (Å²) >= 11 is 0. The maximum absolute atomic E-state index is 14.4. The highest BCUT2D eigenvalue weighted by Gasteiger charge is 2.29. The van der Waals surface area contributed by atoms with Crippen molar-refractivity contribution in [1.29, 1.82) is 0 Å². The van der Waals surface area contributed by atoms with Crippen molar-refractivity contribution in [2.75, 3.05) is 33.3 Å². The van der Waals surface area contributed by atoms with Crippen LogP contribution in [0.3, 0.4) is 0 Å². The van der Waals surface area contributed by atoms with Gasteiger partial charge in [-0.15, -0.1) is 0 Å². The first-order chi connectivity index (χ1) is 24.5. The third kappa shape index (κ3) is 12.3. The van der Waals surface area contributed by atoms with E-state index in [9.17, 15) is 13.2 Å². The van der Waals surface area contributed by atoms with E-state index in [1.807, 2.05) is 66.7 Å². The molecular formula is C44H68N4O3S. The molecule has 0 radical (unpaired) electrons. The molecule has 8 heteroatoms. The van der Waals surface area contributed by atoms with E-state index in [0.717, 1.165) is 41.2 Å². The Balaban J connectivity index is 1.97. The molecule has 288 valence electrons. The van der Waals surface area contributed by atoms with Gasteiger partial charge >= 0.3 is 0 Å². The van der Waals surface area contributed by atoms with E-state index < -0.39 is 15.4 Å². The first-order valence-corrected chi connectivity index (χ1v) is 21.2. The summed E-state index contributed by atoms with van der Waals surface area (Å²) in [5, 5.41) is 6.50. The third-order valence-electron chi connectivity index (χ3n) is 9.63. The molecule has 0 aliphatic rings. The zero-order valence-electron chi connectivity index (χ0n) is 34.1. The summed E-state index contributed by atoms with van der Waals surface area (Å²) in [5.74, 6) is 0.0460. The van der Waals surface area contributed by atoms with Crippen LogP contribution < -0.4 is 20.3 Å². The van der Waals surface area contributed by atoms with Crippen LogP contribution in [0.4, 0.5) is 28.4 Å². The van der Waals surface area contributed by atoms with Crippen molar-refractivity contribution in [1.82, 2.24) is 0 Å². The lowest BCUT2D eigenvalue weighted by Gasteiger charge is -2.25. The maximum atomic E-state index is 14.4.